The van der Waals surface area contributed by atoms with Crippen molar-refractivity contribution < 1.29 is 19.4 Å². The molecule has 0 aromatic heterocycles. The summed E-state index contributed by atoms with van der Waals surface area (Å²) in [5.74, 6) is -0.0238. The van der Waals surface area contributed by atoms with Gasteiger partial charge in [0, 0.05) is 5.56 Å². The number of phenolic OH excluding ortho intramolecular Hbond substituents is 1. The molecule has 0 atom stereocenters. The zero-order valence-corrected chi connectivity index (χ0v) is 10.9. The molecular formula is C13H17NO4. The fraction of sp³-hybridized carbons (Fsp3) is 0.385. The van der Waals surface area contributed by atoms with E-state index in [0.29, 0.717) is 17.5 Å². The minimum atomic E-state index is -0.639. The Labute approximate surface area is 106 Å². The highest BCUT2D eigenvalue weighted by Gasteiger charge is 2.18. The highest BCUT2D eigenvalue weighted by molar-refractivity contribution is 5.95. The van der Waals surface area contributed by atoms with E-state index in [1.807, 2.05) is 0 Å². The van der Waals surface area contributed by atoms with Gasteiger partial charge in [-0.1, -0.05) is 0 Å². The number of hydrogen-bond donors (Lipinski definition) is 2. The van der Waals surface area contributed by atoms with Crippen LogP contribution in [0.25, 0.3) is 0 Å². The Balaban J connectivity index is 2.97. The fourth-order valence-corrected chi connectivity index (χ4v) is 1.46. The molecule has 0 aliphatic rings. The van der Waals surface area contributed by atoms with Gasteiger partial charge in [0.15, 0.2) is 6.29 Å². The van der Waals surface area contributed by atoms with Gasteiger partial charge < -0.3 is 9.84 Å². The van der Waals surface area contributed by atoms with E-state index in [0.717, 1.165) is 0 Å². The van der Waals surface area contributed by atoms with E-state index < -0.39 is 11.7 Å². The summed E-state index contributed by atoms with van der Waals surface area (Å²) in [5.41, 5.74) is 0.523. The molecule has 2 N–H and O–H groups in total. The monoisotopic (exact) mass is 251 g/mol. The molecule has 1 rings (SSSR count). The van der Waals surface area contributed by atoms with Gasteiger partial charge in [0.05, 0.1) is 5.69 Å². The van der Waals surface area contributed by atoms with Gasteiger partial charge in [0.25, 0.3) is 0 Å². The van der Waals surface area contributed by atoms with Crippen LogP contribution in [0.5, 0.6) is 5.75 Å². The van der Waals surface area contributed by atoms with Crippen LogP contribution in [0.4, 0.5) is 10.5 Å². The molecule has 0 unspecified atom stereocenters. The summed E-state index contributed by atoms with van der Waals surface area (Å²) >= 11 is 0. The van der Waals surface area contributed by atoms with E-state index in [9.17, 15) is 14.7 Å². The molecule has 0 bridgehead atoms. The average molecular weight is 251 g/mol. The lowest BCUT2D eigenvalue weighted by atomic mass is 10.1. The largest absolute Gasteiger partial charge is 0.508 e. The van der Waals surface area contributed by atoms with E-state index in [-0.39, 0.29) is 11.3 Å². The Morgan fingerprint density at radius 3 is 2.50 bits per heavy atom. The molecule has 5 heteroatoms. The van der Waals surface area contributed by atoms with Crippen LogP contribution in [0.15, 0.2) is 12.1 Å². The maximum Gasteiger partial charge on any atom is 0.412 e. The Hall–Kier alpha value is -2.04. The number of rotatable bonds is 2. The summed E-state index contributed by atoms with van der Waals surface area (Å²) < 4.78 is 5.10. The quantitative estimate of drug-likeness (QED) is 0.626. The van der Waals surface area contributed by atoms with Crippen molar-refractivity contribution in [2.75, 3.05) is 5.32 Å². The number of anilines is 1. The summed E-state index contributed by atoms with van der Waals surface area (Å²) in [6.07, 6.45) is -0.0706. The minimum absolute atomic E-state index is 0.0238. The topological polar surface area (TPSA) is 75.6 Å². The van der Waals surface area contributed by atoms with Gasteiger partial charge >= 0.3 is 6.09 Å². The fourth-order valence-electron chi connectivity index (χ4n) is 1.46. The van der Waals surface area contributed by atoms with Crippen LogP contribution >= 0.6 is 0 Å². The van der Waals surface area contributed by atoms with Gasteiger partial charge in [-0.25, -0.2) is 4.79 Å². The summed E-state index contributed by atoms with van der Waals surface area (Å²) in [7, 11) is 0. The molecule has 0 spiro atoms. The zero-order valence-electron chi connectivity index (χ0n) is 10.9. The van der Waals surface area contributed by atoms with E-state index in [1.54, 1.807) is 27.7 Å². The highest BCUT2D eigenvalue weighted by atomic mass is 16.6. The highest BCUT2D eigenvalue weighted by Crippen LogP contribution is 2.25. The van der Waals surface area contributed by atoms with Crippen molar-refractivity contribution in [2.24, 2.45) is 0 Å². The maximum absolute atomic E-state index is 11.6. The summed E-state index contributed by atoms with van der Waals surface area (Å²) in [5, 5.41) is 11.9. The molecule has 0 aliphatic carbocycles. The number of carbonyl (C=O) groups excluding carboxylic acids is 2. The number of aldehydes is 1. The van der Waals surface area contributed by atoms with Crippen molar-refractivity contribution in [3.05, 3.63) is 23.3 Å². The molecule has 0 aliphatic heterocycles. The second-order valence-electron chi connectivity index (χ2n) is 4.97. The Morgan fingerprint density at radius 1 is 1.39 bits per heavy atom. The van der Waals surface area contributed by atoms with Crippen LogP contribution in [-0.4, -0.2) is 23.1 Å². The predicted molar refractivity (Wildman–Crippen MR) is 68.1 cm³/mol. The normalized spacial score (nSPS) is 10.9. The van der Waals surface area contributed by atoms with Gasteiger partial charge in [-0.3, -0.25) is 10.1 Å². The molecule has 98 valence electrons. The molecule has 0 fully saturated rings. The third-order valence-corrected chi connectivity index (χ3v) is 2.10. The minimum Gasteiger partial charge on any atom is -0.508 e. The first-order chi connectivity index (χ1) is 8.23. The molecule has 0 radical (unpaired) electrons. The van der Waals surface area contributed by atoms with Crippen LogP contribution in [0.3, 0.4) is 0 Å². The second-order valence-corrected chi connectivity index (χ2v) is 4.97. The summed E-state index contributed by atoms with van der Waals surface area (Å²) in [6.45, 7) is 6.92. The van der Waals surface area contributed by atoms with E-state index in [4.69, 9.17) is 4.74 Å². The standard InChI is InChI=1S/C13H17NO4/c1-8-5-10(16)6-9(7-15)11(8)14-12(17)18-13(2,3)4/h5-7,16H,1-4H3,(H,14,17). The van der Waals surface area contributed by atoms with Crippen molar-refractivity contribution in [1.82, 2.24) is 0 Å². The number of ether oxygens (including phenoxy) is 1. The lowest BCUT2D eigenvalue weighted by Crippen LogP contribution is -2.27. The lowest BCUT2D eigenvalue weighted by molar-refractivity contribution is 0.0635. The Morgan fingerprint density at radius 2 is 2.00 bits per heavy atom. The average Bonchev–Trinajstić information content (AvgIpc) is 2.18. The van der Waals surface area contributed by atoms with Crippen LogP contribution in [0.1, 0.15) is 36.7 Å². The summed E-state index contributed by atoms with van der Waals surface area (Å²) in [4.78, 5) is 22.5. The van der Waals surface area contributed by atoms with E-state index >= 15 is 0 Å². The third-order valence-electron chi connectivity index (χ3n) is 2.10. The van der Waals surface area contributed by atoms with Crippen molar-refractivity contribution in [3.8, 4) is 5.75 Å². The lowest BCUT2D eigenvalue weighted by Gasteiger charge is -2.20. The maximum atomic E-state index is 11.6. The molecule has 0 saturated heterocycles. The molecular weight excluding hydrogens is 234 g/mol. The first-order valence-corrected chi connectivity index (χ1v) is 5.52. The van der Waals surface area contributed by atoms with Crippen molar-refractivity contribution >= 4 is 18.1 Å². The van der Waals surface area contributed by atoms with Crippen molar-refractivity contribution in [1.29, 1.82) is 0 Å². The number of benzene rings is 1. The molecule has 18 heavy (non-hydrogen) atoms. The number of phenols is 1. The second kappa shape index (κ2) is 5.08. The van der Waals surface area contributed by atoms with Crippen LogP contribution < -0.4 is 5.32 Å². The number of nitrogens with one attached hydrogen (secondary N) is 1. The van der Waals surface area contributed by atoms with Gasteiger partial charge in [-0.05, 0) is 45.4 Å². The molecule has 1 aromatic rings. The van der Waals surface area contributed by atoms with Gasteiger partial charge in [-0.15, -0.1) is 0 Å². The molecule has 1 aromatic carbocycles. The number of aromatic hydroxyl groups is 1. The first kappa shape index (κ1) is 14.0. The molecule has 0 saturated carbocycles. The Kier molecular flexibility index (Phi) is 3.96. The van der Waals surface area contributed by atoms with E-state index in [2.05, 4.69) is 5.32 Å². The Bertz CT molecular complexity index is 475. The molecule has 5 nitrogen and oxygen atoms in total. The number of aryl methyl sites for hydroxylation is 1. The van der Waals surface area contributed by atoms with Gasteiger partial charge in [0.1, 0.15) is 11.4 Å². The zero-order chi connectivity index (χ0) is 13.9. The third kappa shape index (κ3) is 3.76. The van der Waals surface area contributed by atoms with Gasteiger partial charge in [0.2, 0.25) is 0 Å². The van der Waals surface area contributed by atoms with E-state index in [1.165, 1.54) is 12.1 Å². The van der Waals surface area contributed by atoms with Crippen LogP contribution in [0.2, 0.25) is 0 Å². The van der Waals surface area contributed by atoms with Crippen molar-refractivity contribution in [2.45, 2.75) is 33.3 Å². The van der Waals surface area contributed by atoms with Crippen LogP contribution in [-0.2, 0) is 4.74 Å². The number of hydrogen-bond acceptors (Lipinski definition) is 4. The number of carbonyl (C=O) groups is 2. The SMILES string of the molecule is Cc1cc(O)cc(C=O)c1NC(=O)OC(C)(C)C. The van der Waals surface area contributed by atoms with Crippen LogP contribution in [0, 0.1) is 6.92 Å². The molecule has 1 amide bonds. The van der Waals surface area contributed by atoms with Gasteiger partial charge in [-0.2, -0.15) is 0 Å². The predicted octanol–water partition coefficient (Wildman–Crippen LogP) is 2.86. The molecule has 0 heterocycles. The summed E-state index contributed by atoms with van der Waals surface area (Å²) in [6, 6.07) is 2.74. The number of amides is 1. The smallest absolute Gasteiger partial charge is 0.412 e. The first-order valence-electron chi connectivity index (χ1n) is 5.52. The van der Waals surface area contributed by atoms with Crippen molar-refractivity contribution in [3.63, 3.8) is 0 Å².